The van der Waals surface area contributed by atoms with Crippen molar-refractivity contribution in [1.82, 2.24) is 0 Å². The standard InChI is InChI=1S/C18H15N3O6/c19-11-13-10-14(21(24)25)6-7-16(13)20-17(22)12-27-18(23)8-9-26-15-4-2-1-3-5-15/h1-7,10H,8-9,12H2,(H,20,22). The van der Waals surface area contributed by atoms with Gasteiger partial charge in [-0.1, -0.05) is 18.2 Å². The van der Waals surface area contributed by atoms with Crippen LogP contribution in [0.3, 0.4) is 0 Å². The van der Waals surface area contributed by atoms with Gasteiger partial charge >= 0.3 is 5.97 Å². The fourth-order valence-electron chi connectivity index (χ4n) is 2.02. The molecule has 0 saturated carbocycles. The van der Waals surface area contributed by atoms with Crippen molar-refractivity contribution in [3.05, 3.63) is 64.2 Å². The van der Waals surface area contributed by atoms with Gasteiger partial charge in [-0.05, 0) is 18.2 Å². The van der Waals surface area contributed by atoms with Crippen molar-refractivity contribution in [2.75, 3.05) is 18.5 Å². The molecule has 0 aliphatic carbocycles. The van der Waals surface area contributed by atoms with Crippen molar-refractivity contribution >= 4 is 23.3 Å². The molecule has 0 unspecified atom stereocenters. The number of hydrogen-bond acceptors (Lipinski definition) is 7. The van der Waals surface area contributed by atoms with Crippen molar-refractivity contribution in [3.63, 3.8) is 0 Å². The number of benzene rings is 2. The smallest absolute Gasteiger partial charge is 0.309 e. The quantitative estimate of drug-likeness (QED) is 0.429. The van der Waals surface area contributed by atoms with E-state index in [4.69, 9.17) is 14.7 Å². The van der Waals surface area contributed by atoms with E-state index in [0.29, 0.717) is 5.75 Å². The topological polar surface area (TPSA) is 132 Å². The van der Waals surface area contributed by atoms with Crippen LogP contribution >= 0.6 is 0 Å². The molecule has 1 amide bonds. The average molecular weight is 369 g/mol. The minimum atomic E-state index is -0.669. The Morgan fingerprint density at radius 2 is 1.93 bits per heavy atom. The molecule has 0 spiro atoms. The van der Waals surface area contributed by atoms with Crippen LogP contribution < -0.4 is 10.1 Å². The number of nitriles is 1. The lowest BCUT2D eigenvalue weighted by molar-refractivity contribution is -0.384. The summed E-state index contributed by atoms with van der Waals surface area (Å²) in [6.07, 6.45) is -0.0385. The summed E-state index contributed by atoms with van der Waals surface area (Å²) < 4.78 is 10.2. The van der Waals surface area contributed by atoms with E-state index in [1.165, 1.54) is 6.07 Å². The van der Waals surface area contributed by atoms with E-state index in [9.17, 15) is 19.7 Å². The molecule has 1 N–H and O–H groups in total. The maximum absolute atomic E-state index is 11.8. The van der Waals surface area contributed by atoms with Crippen molar-refractivity contribution in [2.45, 2.75) is 6.42 Å². The van der Waals surface area contributed by atoms with Crippen LogP contribution in [0.25, 0.3) is 0 Å². The number of ether oxygens (including phenoxy) is 2. The zero-order valence-electron chi connectivity index (χ0n) is 14.1. The molecule has 138 valence electrons. The zero-order chi connectivity index (χ0) is 19.6. The number of nitro benzene ring substituents is 1. The zero-order valence-corrected chi connectivity index (χ0v) is 14.1. The Morgan fingerprint density at radius 3 is 2.59 bits per heavy atom. The predicted molar refractivity (Wildman–Crippen MR) is 94.0 cm³/mol. The summed E-state index contributed by atoms with van der Waals surface area (Å²) in [6.45, 7) is -0.447. The highest BCUT2D eigenvalue weighted by molar-refractivity contribution is 5.94. The number of amides is 1. The van der Waals surface area contributed by atoms with Gasteiger partial charge in [0.25, 0.3) is 11.6 Å². The Bertz CT molecular complexity index is 876. The predicted octanol–water partition coefficient (Wildman–Crippen LogP) is 2.42. The number of esters is 1. The van der Waals surface area contributed by atoms with E-state index in [-0.39, 0.29) is 30.0 Å². The largest absolute Gasteiger partial charge is 0.493 e. The summed E-state index contributed by atoms with van der Waals surface area (Å²) in [6, 6.07) is 14.1. The SMILES string of the molecule is N#Cc1cc([N+](=O)[O-])ccc1NC(=O)COC(=O)CCOc1ccccc1. The van der Waals surface area contributed by atoms with Gasteiger partial charge < -0.3 is 14.8 Å². The van der Waals surface area contributed by atoms with Gasteiger partial charge in [-0.15, -0.1) is 0 Å². The Labute approximate surface area is 154 Å². The van der Waals surface area contributed by atoms with Crippen LogP contribution in [0.5, 0.6) is 5.75 Å². The second-order valence-electron chi connectivity index (χ2n) is 5.22. The van der Waals surface area contributed by atoms with Crippen LogP contribution in [0.2, 0.25) is 0 Å². The van der Waals surface area contributed by atoms with Crippen LogP contribution in [-0.2, 0) is 14.3 Å². The van der Waals surface area contributed by atoms with Crippen LogP contribution in [0.4, 0.5) is 11.4 Å². The van der Waals surface area contributed by atoms with Gasteiger partial charge in [-0.3, -0.25) is 19.7 Å². The molecule has 0 radical (unpaired) electrons. The van der Waals surface area contributed by atoms with Crippen LogP contribution in [0.15, 0.2) is 48.5 Å². The fraction of sp³-hybridized carbons (Fsp3) is 0.167. The summed E-state index contributed by atoms with van der Waals surface area (Å²) in [4.78, 5) is 33.5. The normalized spacial score (nSPS) is 9.74. The summed E-state index contributed by atoms with van der Waals surface area (Å²) in [5.41, 5.74) is -0.244. The van der Waals surface area contributed by atoms with Gasteiger partial charge in [0, 0.05) is 12.1 Å². The molecule has 0 atom stereocenters. The van der Waals surface area contributed by atoms with Crippen LogP contribution in [-0.4, -0.2) is 30.0 Å². The summed E-state index contributed by atoms with van der Waals surface area (Å²) in [5.74, 6) is -0.673. The third-order valence-electron chi connectivity index (χ3n) is 3.29. The van der Waals surface area contributed by atoms with Crippen molar-refractivity contribution in [3.8, 4) is 11.8 Å². The van der Waals surface area contributed by atoms with Gasteiger partial charge in [0.2, 0.25) is 0 Å². The molecule has 0 fully saturated rings. The number of carbonyl (C=O) groups excluding carboxylic acids is 2. The molecule has 9 nitrogen and oxygen atoms in total. The van der Waals surface area contributed by atoms with Gasteiger partial charge in [-0.25, -0.2) is 0 Å². The first-order valence-electron chi connectivity index (χ1n) is 7.81. The minimum Gasteiger partial charge on any atom is -0.493 e. The Kier molecular flexibility index (Phi) is 6.84. The summed E-state index contributed by atoms with van der Waals surface area (Å²) >= 11 is 0. The Hall–Kier alpha value is -3.93. The number of hydrogen-bond donors (Lipinski definition) is 1. The Morgan fingerprint density at radius 1 is 1.19 bits per heavy atom. The second-order valence-corrected chi connectivity index (χ2v) is 5.22. The molecule has 0 aliphatic heterocycles. The van der Waals surface area contributed by atoms with Crippen molar-refractivity contribution in [2.24, 2.45) is 0 Å². The Balaban J connectivity index is 1.78. The molecule has 9 heteroatoms. The fourth-order valence-corrected chi connectivity index (χ4v) is 2.02. The molecule has 0 bridgehead atoms. The number of nitrogens with one attached hydrogen (secondary N) is 1. The maximum Gasteiger partial charge on any atom is 0.309 e. The summed E-state index contributed by atoms with van der Waals surface area (Å²) in [7, 11) is 0. The van der Waals surface area contributed by atoms with Crippen LogP contribution in [0.1, 0.15) is 12.0 Å². The highest BCUT2D eigenvalue weighted by Crippen LogP contribution is 2.21. The molecule has 0 aromatic heterocycles. The van der Waals surface area contributed by atoms with E-state index >= 15 is 0 Å². The summed E-state index contributed by atoms with van der Waals surface area (Å²) in [5, 5.41) is 22.1. The highest BCUT2D eigenvalue weighted by Gasteiger charge is 2.14. The number of para-hydroxylation sites is 1. The van der Waals surface area contributed by atoms with Crippen molar-refractivity contribution < 1.29 is 24.0 Å². The molecular formula is C18H15N3O6. The first kappa shape index (κ1) is 19.4. The molecule has 0 aliphatic rings. The third-order valence-corrected chi connectivity index (χ3v) is 3.29. The molecule has 2 aromatic rings. The van der Waals surface area contributed by atoms with Crippen LogP contribution in [0, 0.1) is 21.4 Å². The first-order chi connectivity index (χ1) is 13.0. The van der Waals surface area contributed by atoms with Gasteiger partial charge in [0.05, 0.1) is 29.2 Å². The number of non-ortho nitro benzene ring substituents is 1. The molecular weight excluding hydrogens is 354 g/mol. The van der Waals surface area contributed by atoms with E-state index in [1.54, 1.807) is 30.3 Å². The number of nitrogens with zero attached hydrogens (tertiary/aromatic N) is 2. The molecule has 0 saturated heterocycles. The number of nitro groups is 1. The molecule has 27 heavy (non-hydrogen) atoms. The number of rotatable bonds is 8. The first-order valence-corrected chi connectivity index (χ1v) is 7.81. The second kappa shape index (κ2) is 9.53. The van der Waals surface area contributed by atoms with Gasteiger partial charge in [-0.2, -0.15) is 5.26 Å². The number of carbonyl (C=O) groups is 2. The lowest BCUT2D eigenvalue weighted by Gasteiger charge is -2.08. The van der Waals surface area contributed by atoms with Crippen molar-refractivity contribution in [1.29, 1.82) is 5.26 Å². The average Bonchev–Trinajstić information content (AvgIpc) is 2.67. The molecule has 2 aromatic carbocycles. The molecule has 0 heterocycles. The highest BCUT2D eigenvalue weighted by atomic mass is 16.6. The monoisotopic (exact) mass is 369 g/mol. The lowest BCUT2D eigenvalue weighted by Crippen LogP contribution is -2.22. The van der Waals surface area contributed by atoms with E-state index in [0.717, 1.165) is 12.1 Å². The van der Waals surface area contributed by atoms with E-state index < -0.39 is 23.4 Å². The third kappa shape index (κ3) is 6.13. The van der Waals surface area contributed by atoms with Gasteiger partial charge in [0.15, 0.2) is 6.61 Å². The minimum absolute atomic E-state index is 0.0385. The van der Waals surface area contributed by atoms with E-state index in [1.807, 2.05) is 6.07 Å². The lowest BCUT2D eigenvalue weighted by atomic mass is 10.1. The maximum atomic E-state index is 11.8. The number of anilines is 1. The van der Waals surface area contributed by atoms with E-state index in [2.05, 4.69) is 5.32 Å². The molecule has 2 rings (SSSR count). The van der Waals surface area contributed by atoms with Gasteiger partial charge in [0.1, 0.15) is 11.8 Å².